The number of methoxy groups -OCH3 is 2. The zero-order chi connectivity index (χ0) is 19.8. The molecule has 2 heterocycles. The monoisotopic (exact) mass is 403 g/mol. The molecule has 0 fully saturated rings. The Hall–Kier alpha value is -3.01. The third-order valence-corrected chi connectivity index (χ3v) is 4.86. The molecule has 0 unspecified atom stereocenters. The van der Waals surface area contributed by atoms with Crippen LogP contribution in [0.15, 0.2) is 46.2 Å². The Bertz CT molecular complexity index is 897. The molecular formula is C18H21N5O4S. The number of tetrazole rings is 1. The minimum Gasteiger partial charge on any atom is -0.493 e. The van der Waals surface area contributed by atoms with Crippen molar-refractivity contribution in [2.24, 2.45) is 0 Å². The second kappa shape index (κ2) is 9.79. The van der Waals surface area contributed by atoms with E-state index in [9.17, 15) is 4.79 Å². The summed E-state index contributed by atoms with van der Waals surface area (Å²) < 4.78 is 17.4. The summed E-state index contributed by atoms with van der Waals surface area (Å²) in [6, 6.07) is 9.35. The van der Waals surface area contributed by atoms with Gasteiger partial charge in [-0.1, -0.05) is 17.8 Å². The molecule has 1 amide bonds. The molecule has 3 aromatic rings. The van der Waals surface area contributed by atoms with E-state index in [1.54, 1.807) is 31.2 Å². The first-order chi connectivity index (χ1) is 13.7. The molecule has 0 atom stereocenters. The Balaban J connectivity index is 1.44. The molecule has 3 rings (SSSR count). The summed E-state index contributed by atoms with van der Waals surface area (Å²) in [7, 11) is 3.19. The molecular weight excluding hydrogens is 382 g/mol. The maximum atomic E-state index is 12.1. The molecule has 148 valence electrons. The van der Waals surface area contributed by atoms with Crippen molar-refractivity contribution in [1.82, 2.24) is 25.5 Å². The molecule has 1 aromatic carbocycles. The summed E-state index contributed by atoms with van der Waals surface area (Å²) >= 11 is 1.28. The summed E-state index contributed by atoms with van der Waals surface area (Å²) in [4.78, 5) is 12.1. The number of amides is 1. The maximum absolute atomic E-state index is 12.1. The van der Waals surface area contributed by atoms with Gasteiger partial charge in [0.15, 0.2) is 11.5 Å². The van der Waals surface area contributed by atoms with Gasteiger partial charge in [0.2, 0.25) is 11.1 Å². The van der Waals surface area contributed by atoms with Gasteiger partial charge in [0.1, 0.15) is 12.3 Å². The molecule has 1 N–H and O–H groups in total. The number of hydrogen-bond acceptors (Lipinski definition) is 8. The number of carbonyl (C=O) groups is 1. The van der Waals surface area contributed by atoms with Gasteiger partial charge in [0.05, 0.1) is 26.2 Å². The van der Waals surface area contributed by atoms with Gasteiger partial charge >= 0.3 is 0 Å². The Morgan fingerprint density at radius 3 is 2.86 bits per heavy atom. The third kappa shape index (κ3) is 5.26. The summed E-state index contributed by atoms with van der Waals surface area (Å²) in [6.45, 7) is 0.940. The number of nitrogens with one attached hydrogen (secondary N) is 1. The van der Waals surface area contributed by atoms with E-state index in [1.807, 2.05) is 24.3 Å². The van der Waals surface area contributed by atoms with Crippen molar-refractivity contribution >= 4 is 17.7 Å². The van der Waals surface area contributed by atoms with E-state index in [4.69, 9.17) is 13.9 Å². The van der Waals surface area contributed by atoms with Crippen molar-refractivity contribution < 1.29 is 18.7 Å². The van der Waals surface area contributed by atoms with E-state index in [-0.39, 0.29) is 11.7 Å². The van der Waals surface area contributed by atoms with Gasteiger partial charge in [0, 0.05) is 6.54 Å². The van der Waals surface area contributed by atoms with Crippen molar-refractivity contribution in [3.63, 3.8) is 0 Å². The van der Waals surface area contributed by atoms with Crippen LogP contribution < -0.4 is 14.8 Å². The van der Waals surface area contributed by atoms with Gasteiger partial charge < -0.3 is 19.2 Å². The van der Waals surface area contributed by atoms with E-state index in [2.05, 4.69) is 20.8 Å². The fourth-order valence-electron chi connectivity index (χ4n) is 2.51. The van der Waals surface area contributed by atoms with Crippen LogP contribution in [-0.2, 0) is 17.8 Å². The number of rotatable bonds is 10. The number of benzene rings is 1. The Morgan fingerprint density at radius 1 is 1.25 bits per heavy atom. The molecule has 9 nitrogen and oxygen atoms in total. The van der Waals surface area contributed by atoms with E-state index >= 15 is 0 Å². The highest BCUT2D eigenvalue weighted by Crippen LogP contribution is 2.27. The Kier molecular flexibility index (Phi) is 6.90. The lowest BCUT2D eigenvalue weighted by Crippen LogP contribution is -2.27. The van der Waals surface area contributed by atoms with Crippen LogP contribution in [0.5, 0.6) is 11.5 Å². The van der Waals surface area contributed by atoms with Crippen LogP contribution in [0.25, 0.3) is 0 Å². The Labute approximate surface area is 166 Å². The summed E-state index contributed by atoms with van der Waals surface area (Å²) in [5.74, 6) is 2.24. The lowest BCUT2D eigenvalue weighted by molar-refractivity contribution is -0.118. The molecule has 0 saturated heterocycles. The predicted octanol–water partition coefficient (Wildman–Crippen LogP) is 1.78. The van der Waals surface area contributed by atoms with Gasteiger partial charge in [-0.2, -0.15) is 0 Å². The summed E-state index contributed by atoms with van der Waals surface area (Å²) in [5.41, 5.74) is 1.05. The first-order valence-electron chi connectivity index (χ1n) is 8.58. The van der Waals surface area contributed by atoms with Crippen molar-refractivity contribution in [3.05, 3.63) is 47.9 Å². The smallest absolute Gasteiger partial charge is 0.230 e. The van der Waals surface area contributed by atoms with Crippen molar-refractivity contribution in [2.75, 3.05) is 26.5 Å². The lowest BCUT2D eigenvalue weighted by atomic mass is 10.1. The molecule has 28 heavy (non-hydrogen) atoms. The lowest BCUT2D eigenvalue weighted by Gasteiger charge is -2.10. The van der Waals surface area contributed by atoms with Crippen LogP contribution in [0.1, 0.15) is 11.3 Å². The maximum Gasteiger partial charge on any atom is 0.230 e. The van der Waals surface area contributed by atoms with Gasteiger partial charge in [0.25, 0.3) is 0 Å². The average molecular weight is 403 g/mol. The fraction of sp³-hybridized carbons (Fsp3) is 0.333. The van der Waals surface area contributed by atoms with Crippen LogP contribution in [0.4, 0.5) is 0 Å². The minimum absolute atomic E-state index is 0.0852. The predicted molar refractivity (Wildman–Crippen MR) is 103 cm³/mol. The second-order valence-corrected chi connectivity index (χ2v) is 6.72. The fourth-order valence-corrected chi connectivity index (χ4v) is 3.22. The zero-order valence-electron chi connectivity index (χ0n) is 15.6. The first-order valence-corrected chi connectivity index (χ1v) is 9.57. The number of aromatic nitrogens is 4. The molecule has 0 aliphatic carbocycles. The SMILES string of the molecule is COc1ccc(CCNC(=O)CSc2nnnn2Cc2ccco2)cc1OC. The normalized spacial score (nSPS) is 10.6. The number of hydrogen-bond donors (Lipinski definition) is 1. The standard InChI is InChI=1S/C18H21N5O4S/c1-25-15-6-5-13(10-16(15)26-2)7-8-19-17(24)12-28-18-20-21-22-23(18)11-14-4-3-9-27-14/h3-6,9-10H,7-8,11-12H2,1-2H3,(H,19,24). The highest BCUT2D eigenvalue weighted by Gasteiger charge is 2.11. The zero-order valence-corrected chi connectivity index (χ0v) is 16.4. The van der Waals surface area contributed by atoms with Crippen LogP contribution in [0, 0.1) is 0 Å². The van der Waals surface area contributed by atoms with Gasteiger partial charge in [-0.05, 0) is 46.7 Å². The number of furan rings is 1. The highest BCUT2D eigenvalue weighted by molar-refractivity contribution is 7.99. The molecule has 10 heteroatoms. The first kappa shape index (κ1) is 19.7. The largest absolute Gasteiger partial charge is 0.493 e. The molecule has 0 aliphatic rings. The molecule has 0 aliphatic heterocycles. The quantitative estimate of drug-likeness (QED) is 0.511. The molecule has 0 radical (unpaired) electrons. The Morgan fingerprint density at radius 2 is 2.11 bits per heavy atom. The van der Waals surface area contributed by atoms with Crippen molar-refractivity contribution in [2.45, 2.75) is 18.1 Å². The number of ether oxygens (including phenoxy) is 2. The minimum atomic E-state index is -0.0852. The topological polar surface area (TPSA) is 104 Å². The highest BCUT2D eigenvalue weighted by atomic mass is 32.2. The molecule has 0 saturated carbocycles. The van der Waals surface area contributed by atoms with Crippen LogP contribution in [0.2, 0.25) is 0 Å². The van der Waals surface area contributed by atoms with E-state index in [1.165, 1.54) is 11.8 Å². The third-order valence-electron chi connectivity index (χ3n) is 3.90. The molecule has 0 spiro atoms. The van der Waals surface area contributed by atoms with Crippen molar-refractivity contribution in [3.8, 4) is 11.5 Å². The second-order valence-electron chi connectivity index (χ2n) is 5.78. The van der Waals surface area contributed by atoms with E-state index in [0.717, 1.165) is 11.3 Å². The van der Waals surface area contributed by atoms with Gasteiger partial charge in [-0.15, -0.1) is 5.10 Å². The molecule has 0 bridgehead atoms. The summed E-state index contributed by atoms with van der Waals surface area (Å²) in [6.07, 6.45) is 2.28. The van der Waals surface area contributed by atoms with Crippen LogP contribution in [0.3, 0.4) is 0 Å². The van der Waals surface area contributed by atoms with E-state index < -0.39 is 0 Å². The molecule has 2 aromatic heterocycles. The number of thioether (sulfide) groups is 1. The van der Waals surface area contributed by atoms with Gasteiger partial charge in [-0.3, -0.25) is 4.79 Å². The summed E-state index contributed by atoms with van der Waals surface area (Å²) in [5, 5.41) is 15.0. The van der Waals surface area contributed by atoms with Crippen LogP contribution >= 0.6 is 11.8 Å². The van der Waals surface area contributed by atoms with Crippen LogP contribution in [-0.4, -0.2) is 52.6 Å². The number of nitrogens with zero attached hydrogens (tertiary/aromatic N) is 4. The van der Waals surface area contributed by atoms with Gasteiger partial charge in [-0.25, -0.2) is 4.68 Å². The van der Waals surface area contributed by atoms with E-state index in [0.29, 0.717) is 36.2 Å². The number of carbonyl (C=O) groups excluding carboxylic acids is 1. The van der Waals surface area contributed by atoms with Crippen molar-refractivity contribution in [1.29, 1.82) is 0 Å². The average Bonchev–Trinajstić information content (AvgIpc) is 3.38.